The third-order valence-electron chi connectivity index (χ3n) is 6.56. The fraction of sp³-hybridized carbons (Fsp3) is 0.480. The first-order valence-corrected chi connectivity index (χ1v) is 11.4. The van der Waals surface area contributed by atoms with E-state index in [2.05, 4.69) is 11.8 Å². The molecule has 2 aromatic rings. The Hall–Kier alpha value is -3.17. The van der Waals surface area contributed by atoms with Crippen molar-refractivity contribution in [1.82, 2.24) is 4.90 Å². The highest BCUT2D eigenvalue weighted by atomic mass is 16.7. The summed E-state index contributed by atoms with van der Waals surface area (Å²) >= 11 is 0. The number of hydrogen-bond acceptors (Lipinski definition) is 9. The molecule has 1 fully saturated rings. The van der Waals surface area contributed by atoms with E-state index in [1.165, 1.54) is 6.92 Å². The summed E-state index contributed by atoms with van der Waals surface area (Å²) in [5.74, 6) is 2.78. The van der Waals surface area contributed by atoms with E-state index >= 15 is 0 Å². The summed E-state index contributed by atoms with van der Waals surface area (Å²) in [6.45, 7) is 6.63. The Labute approximate surface area is 198 Å². The molecule has 0 radical (unpaired) electrons. The molecule has 2 aromatic carbocycles. The van der Waals surface area contributed by atoms with E-state index in [9.17, 15) is 4.79 Å². The molecule has 3 atom stereocenters. The molecule has 0 amide bonds. The molecular weight excluding hydrogens is 442 g/mol. The average Bonchev–Trinajstić information content (AvgIpc) is 3.30. The maximum Gasteiger partial charge on any atom is 0.308 e. The van der Waals surface area contributed by atoms with Gasteiger partial charge >= 0.3 is 5.97 Å². The van der Waals surface area contributed by atoms with Gasteiger partial charge in [-0.25, -0.2) is 0 Å². The lowest BCUT2D eigenvalue weighted by Gasteiger charge is -2.44. The van der Waals surface area contributed by atoms with E-state index < -0.39 is 5.97 Å². The van der Waals surface area contributed by atoms with Gasteiger partial charge in [-0.05, 0) is 23.8 Å². The Balaban J connectivity index is 1.63. The van der Waals surface area contributed by atoms with Gasteiger partial charge in [-0.1, -0.05) is 6.92 Å². The van der Waals surface area contributed by atoms with Crippen LogP contribution in [-0.2, 0) is 9.53 Å². The zero-order valence-electron chi connectivity index (χ0n) is 19.8. The molecule has 0 aliphatic carbocycles. The Kier molecular flexibility index (Phi) is 6.14. The minimum absolute atomic E-state index is 0.0692. The van der Waals surface area contributed by atoms with Crippen molar-refractivity contribution in [3.05, 3.63) is 35.4 Å². The molecule has 0 aromatic heterocycles. The summed E-state index contributed by atoms with van der Waals surface area (Å²) < 4.78 is 40.0. The highest BCUT2D eigenvalue weighted by Gasteiger charge is 2.42. The van der Waals surface area contributed by atoms with Crippen LogP contribution in [0.1, 0.15) is 30.9 Å². The summed E-state index contributed by atoms with van der Waals surface area (Å²) in [4.78, 5) is 14.0. The fourth-order valence-corrected chi connectivity index (χ4v) is 5.02. The molecule has 9 nitrogen and oxygen atoms in total. The maximum absolute atomic E-state index is 11.7. The molecule has 0 spiro atoms. The highest BCUT2D eigenvalue weighted by Crippen LogP contribution is 2.52. The number of ether oxygens (including phenoxy) is 7. The standard InChI is InChI=1S/C25H29NO8/c1-14-23(16-9-21(28-3)24(33-15(2)27)22(10-16)29-4)17-11-19-20(32-13-31-19)12-18(17)34-25(14)26-5-7-30-8-6-26/h9-12,14,23,25H,5-8,13H2,1-4H3/t14-,23+,25+/m1/s1. The largest absolute Gasteiger partial charge is 0.493 e. The molecule has 5 rings (SSSR count). The Morgan fingerprint density at radius 3 is 2.24 bits per heavy atom. The fourth-order valence-electron chi connectivity index (χ4n) is 5.02. The topological polar surface area (TPSA) is 84.9 Å². The Bertz CT molecular complexity index is 1060. The number of carbonyl (C=O) groups is 1. The van der Waals surface area contributed by atoms with Crippen molar-refractivity contribution in [2.24, 2.45) is 5.92 Å². The van der Waals surface area contributed by atoms with E-state index in [0.717, 1.165) is 30.0 Å². The van der Waals surface area contributed by atoms with Crippen molar-refractivity contribution >= 4 is 5.97 Å². The first-order chi connectivity index (χ1) is 16.5. The number of benzene rings is 2. The summed E-state index contributed by atoms with van der Waals surface area (Å²) in [7, 11) is 3.09. The van der Waals surface area contributed by atoms with Crippen LogP contribution in [0, 0.1) is 5.92 Å². The number of nitrogens with zero attached hydrogens (tertiary/aromatic N) is 1. The normalized spacial score (nSPS) is 23.6. The number of methoxy groups -OCH3 is 2. The zero-order valence-corrected chi connectivity index (χ0v) is 19.8. The lowest BCUT2D eigenvalue weighted by molar-refractivity contribution is -0.132. The lowest BCUT2D eigenvalue weighted by atomic mass is 9.77. The first kappa shape index (κ1) is 22.6. The quantitative estimate of drug-likeness (QED) is 0.482. The summed E-state index contributed by atoms with van der Waals surface area (Å²) in [5.41, 5.74) is 1.95. The monoisotopic (exact) mass is 471 g/mol. The van der Waals surface area contributed by atoms with Crippen molar-refractivity contribution in [3.8, 4) is 34.5 Å². The number of carbonyl (C=O) groups excluding carboxylic acids is 1. The molecule has 9 heteroatoms. The van der Waals surface area contributed by atoms with E-state index in [0.29, 0.717) is 36.2 Å². The molecule has 3 heterocycles. The van der Waals surface area contributed by atoms with Gasteiger partial charge in [0.15, 0.2) is 29.2 Å². The second kappa shape index (κ2) is 9.23. The second-order valence-corrected chi connectivity index (χ2v) is 8.59. The molecule has 3 aliphatic rings. The van der Waals surface area contributed by atoms with Crippen molar-refractivity contribution in [2.75, 3.05) is 47.3 Å². The smallest absolute Gasteiger partial charge is 0.308 e. The molecule has 0 saturated carbocycles. The number of hydrogen-bond donors (Lipinski definition) is 0. The molecule has 0 unspecified atom stereocenters. The van der Waals surface area contributed by atoms with Gasteiger partial charge in [0, 0.05) is 43.5 Å². The third kappa shape index (κ3) is 3.99. The molecule has 3 aliphatic heterocycles. The molecular formula is C25H29NO8. The van der Waals surface area contributed by atoms with Gasteiger partial charge < -0.3 is 33.2 Å². The van der Waals surface area contributed by atoms with Gasteiger partial charge in [0.25, 0.3) is 0 Å². The third-order valence-corrected chi connectivity index (χ3v) is 6.56. The zero-order chi connectivity index (χ0) is 23.8. The molecule has 0 bridgehead atoms. The van der Waals surface area contributed by atoms with Crippen molar-refractivity contribution in [1.29, 1.82) is 0 Å². The Morgan fingerprint density at radius 2 is 1.62 bits per heavy atom. The average molecular weight is 472 g/mol. The van der Waals surface area contributed by atoms with Crippen LogP contribution in [0.25, 0.3) is 0 Å². The predicted octanol–water partition coefficient (Wildman–Crippen LogP) is 3.18. The number of fused-ring (bicyclic) bond motifs is 2. The lowest BCUT2D eigenvalue weighted by Crippen LogP contribution is -2.52. The summed E-state index contributed by atoms with van der Waals surface area (Å²) in [6, 6.07) is 7.70. The number of esters is 1. The van der Waals surface area contributed by atoms with Crippen LogP contribution in [0.2, 0.25) is 0 Å². The van der Waals surface area contributed by atoms with Crippen LogP contribution in [0.15, 0.2) is 24.3 Å². The van der Waals surface area contributed by atoms with Gasteiger partial charge in [0.1, 0.15) is 5.75 Å². The molecule has 182 valence electrons. The minimum atomic E-state index is -0.450. The summed E-state index contributed by atoms with van der Waals surface area (Å²) in [6.07, 6.45) is -0.160. The van der Waals surface area contributed by atoms with Crippen molar-refractivity contribution in [2.45, 2.75) is 26.0 Å². The van der Waals surface area contributed by atoms with Crippen LogP contribution < -0.4 is 28.4 Å². The van der Waals surface area contributed by atoms with E-state index in [4.69, 9.17) is 33.2 Å². The SMILES string of the molecule is COc1cc([C@H]2c3cc4c(cc3O[C@H](N3CCOCC3)[C@@H]2C)OCO4)cc(OC)c1OC(C)=O. The van der Waals surface area contributed by atoms with Crippen LogP contribution in [-0.4, -0.2) is 64.4 Å². The second-order valence-electron chi connectivity index (χ2n) is 8.59. The van der Waals surface area contributed by atoms with E-state index in [-0.39, 0.29) is 30.6 Å². The van der Waals surface area contributed by atoms with Crippen LogP contribution in [0.5, 0.6) is 34.5 Å². The highest BCUT2D eigenvalue weighted by molar-refractivity contribution is 5.72. The van der Waals surface area contributed by atoms with Gasteiger partial charge in [0.05, 0.1) is 27.4 Å². The molecule has 34 heavy (non-hydrogen) atoms. The number of morpholine rings is 1. The van der Waals surface area contributed by atoms with Crippen LogP contribution in [0.4, 0.5) is 0 Å². The maximum atomic E-state index is 11.7. The minimum Gasteiger partial charge on any atom is -0.493 e. The predicted molar refractivity (Wildman–Crippen MR) is 121 cm³/mol. The van der Waals surface area contributed by atoms with E-state index in [1.807, 2.05) is 24.3 Å². The first-order valence-electron chi connectivity index (χ1n) is 11.4. The van der Waals surface area contributed by atoms with E-state index in [1.54, 1.807) is 14.2 Å². The van der Waals surface area contributed by atoms with Gasteiger partial charge in [-0.15, -0.1) is 0 Å². The van der Waals surface area contributed by atoms with Crippen molar-refractivity contribution in [3.63, 3.8) is 0 Å². The van der Waals surface area contributed by atoms with Crippen LogP contribution >= 0.6 is 0 Å². The number of rotatable bonds is 5. The van der Waals surface area contributed by atoms with Gasteiger partial charge in [-0.3, -0.25) is 9.69 Å². The van der Waals surface area contributed by atoms with Gasteiger partial charge in [0.2, 0.25) is 12.5 Å². The Morgan fingerprint density at radius 1 is 0.971 bits per heavy atom. The summed E-state index contributed by atoms with van der Waals surface area (Å²) in [5, 5.41) is 0. The molecule has 0 N–H and O–H groups in total. The van der Waals surface area contributed by atoms with Crippen molar-refractivity contribution < 1.29 is 38.0 Å². The molecule has 1 saturated heterocycles. The van der Waals surface area contributed by atoms with Crippen LogP contribution in [0.3, 0.4) is 0 Å². The van der Waals surface area contributed by atoms with Gasteiger partial charge in [-0.2, -0.15) is 0 Å².